The van der Waals surface area contributed by atoms with E-state index in [0.29, 0.717) is 11.3 Å². The highest BCUT2D eigenvalue weighted by atomic mass is 35.5. The van der Waals surface area contributed by atoms with Crippen LogP contribution in [0.15, 0.2) is 24.3 Å². The number of ketones is 1. The predicted octanol–water partition coefficient (Wildman–Crippen LogP) is 2.04. The number of rotatable bonds is 7. The Morgan fingerprint density at radius 1 is 1.27 bits per heavy atom. The minimum atomic E-state index is -0.906. The van der Waals surface area contributed by atoms with E-state index in [1.165, 1.54) is 6.92 Å². The van der Waals surface area contributed by atoms with Crippen LogP contribution in [0.1, 0.15) is 30.6 Å². The van der Waals surface area contributed by atoms with Crippen molar-refractivity contribution in [3.8, 4) is 0 Å². The van der Waals surface area contributed by atoms with Gasteiger partial charge in [0.25, 0.3) is 0 Å². The van der Waals surface area contributed by atoms with Crippen LogP contribution in [0.25, 0.3) is 0 Å². The molecule has 0 fully saturated rings. The van der Waals surface area contributed by atoms with Crippen LogP contribution in [-0.2, 0) is 9.59 Å². The highest BCUT2D eigenvalue weighted by Crippen LogP contribution is 2.16. The molecule has 0 bridgehead atoms. The molecule has 1 atom stereocenters. The quantitative estimate of drug-likeness (QED) is 0.748. The fourth-order valence-corrected chi connectivity index (χ4v) is 1.80. The topological polar surface area (TPSA) is 86.7 Å². The van der Waals surface area contributed by atoms with Crippen LogP contribution in [0.4, 0.5) is 5.69 Å². The van der Waals surface area contributed by atoms with E-state index >= 15 is 0 Å². The second-order valence-electron chi connectivity index (χ2n) is 4.89. The monoisotopic (exact) mass is 328 g/mol. The molecule has 1 aromatic rings. The summed E-state index contributed by atoms with van der Waals surface area (Å²) < 4.78 is 0. The van der Waals surface area contributed by atoms with Gasteiger partial charge in [-0.15, -0.1) is 12.4 Å². The van der Waals surface area contributed by atoms with E-state index in [1.807, 2.05) is 0 Å². The molecule has 1 amide bonds. The average molecular weight is 329 g/mol. The van der Waals surface area contributed by atoms with Gasteiger partial charge in [0.2, 0.25) is 5.91 Å². The zero-order chi connectivity index (χ0) is 16.0. The van der Waals surface area contributed by atoms with E-state index in [-0.39, 0.29) is 37.1 Å². The van der Waals surface area contributed by atoms with Crippen LogP contribution in [0, 0.1) is 0 Å². The second-order valence-corrected chi connectivity index (χ2v) is 4.89. The summed E-state index contributed by atoms with van der Waals surface area (Å²) in [4.78, 5) is 35.9. The number of para-hydroxylation sites is 1. The van der Waals surface area contributed by atoms with Crippen LogP contribution in [0.2, 0.25) is 0 Å². The van der Waals surface area contributed by atoms with E-state index in [2.05, 4.69) is 5.32 Å². The van der Waals surface area contributed by atoms with Crippen LogP contribution in [0.5, 0.6) is 0 Å². The van der Waals surface area contributed by atoms with E-state index in [4.69, 9.17) is 5.11 Å². The van der Waals surface area contributed by atoms with Gasteiger partial charge < -0.3 is 10.4 Å². The number of hydrogen-bond acceptors (Lipinski definition) is 4. The molecule has 0 aromatic heterocycles. The van der Waals surface area contributed by atoms with Gasteiger partial charge in [0, 0.05) is 12.1 Å². The molecular weight excluding hydrogens is 308 g/mol. The Morgan fingerprint density at radius 2 is 1.86 bits per heavy atom. The van der Waals surface area contributed by atoms with E-state index < -0.39 is 12.0 Å². The molecular formula is C15H21ClN2O4. The van der Waals surface area contributed by atoms with Crippen molar-refractivity contribution < 1.29 is 19.5 Å². The lowest BCUT2D eigenvalue weighted by molar-refractivity contribution is -0.137. The molecule has 0 radical (unpaired) electrons. The van der Waals surface area contributed by atoms with Crippen molar-refractivity contribution in [3.63, 3.8) is 0 Å². The first-order valence-electron chi connectivity index (χ1n) is 6.65. The molecule has 1 aromatic carbocycles. The summed E-state index contributed by atoms with van der Waals surface area (Å²) in [7, 11) is 1.68. The third kappa shape index (κ3) is 5.83. The van der Waals surface area contributed by atoms with Crippen molar-refractivity contribution >= 4 is 35.8 Å². The number of anilines is 1. The first-order valence-corrected chi connectivity index (χ1v) is 6.65. The Kier molecular flexibility index (Phi) is 8.37. The Bertz CT molecular complexity index is 548. The van der Waals surface area contributed by atoms with Crippen LogP contribution in [-0.4, -0.2) is 47.3 Å². The summed E-state index contributed by atoms with van der Waals surface area (Å²) in [5.74, 6) is -1.31. The molecule has 1 unspecified atom stereocenters. The zero-order valence-electron chi connectivity index (χ0n) is 12.8. The molecule has 7 heteroatoms. The van der Waals surface area contributed by atoms with Gasteiger partial charge in [-0.3, -0.25) is 19.3 Å². The first kappa shape index (κ1) is 20.1. The maximum Gasteiger partial charge on any atom is 0.304 e. The van der Waals surface area contributed by atoms with E-state index in [1.54, 1.807) is 43.1 Å². The van der Waals surface area contributed by atoms with Gasteiger partial charge in [0.05, 0.1) is 18.2 Å². The highest BCUT2D eigenvalue weighted by Gasteiger charge is 2.20. The lowest BCUT2D eigenvalue weighted by Gasteiger charge is -2.23. The van der Waals surface area contributed by atoms with E-state index in [9.17, 15) is 14.4 Å². The molecule has 1 rings (SSSR count). The summed E-state index contributed by atoms with van der Waals surface area (Å²) in [6, 6.07) is 6.29. The smallest absolute Gasteiger partial charge is 0.304 e. The fraction of sp³-hybridized carbons (Fsp3) is 0.400. The number of nitrogens with zero attached hydrogens (tertiary/aromatic N) is 1. The number of Topliss-reactive ketones (excluding diaryl/α,β-unsaturated/α-hetero) is 1. The lowest BCUT2D eigenvalue weighted by atomic mass is 10.1. The van der Waals surface area contributed by atoms with Crippen molar-refractivity contribution in [2.24, 2.45) is 0 Å². The first-order chi connectivity index (χ1) is 9.82. The number of aliphatic carboxylic acids is 1. The molecule has 0 heterocycles. The number of benzene rings is 1. The SMILES string of the molecule is CC(=O)c1ccccc1NC(=O)C(C)N(C)CCC(=O)O.Cl. The Hall–Kier alpha value is -1.92. The van der Waals surface area contributed by atoms with Gasteiger partial charge in [-0.25, -0.2) is 0 Å². The summed E-state index contributed by atoms with van der Waals surface area (Å²) in [5, 5.41) is 11.4. The standard InChI is InChI=1S/C15H20N2O4.ClH/c1-10(17(3)9-8-14(19)20)15(21)16-13-7-5-4-6-12(13)11(2)18;/h4-7,10H,8-9H2,1-3H3,(H,16,21)(H,19,20);1H. The van der Waals surface area contributed by atoms with Crippen molar-refractivity contribution in [3.05, 3.63) is 29.8 Å². The Labute approximate surface area is 135 Å². The third-order valence-electron chi connectivity index (χ3n) is 3.28. The van der Waals surface area contributed by atoms with Gasteiger partial charge in [0.1, 0.15) is 0 Å². The molecule has 0 spiro atoms. The molecule has 2 N–H and O–H groups in total. The summed E-state index contributed by atoms with van der Waals surface area (Å²) in [5.41, 5.74) is 0.916. The second kappa shape index (κ2) is 9.17. The summed E-state index contributed by atoms with van der Waals surface area (Å²) in [6.07, 6.45) is -0.0296. The van der Waals surface area contributed by atoms with Crippen LogP contribution in [0.3, 0.4) is 0 Å². The maximum absolute atomic E-state index is 12.2. The molecule has 0 aliphatic rings. The number of carboxylic acids is 1. The number of carbonyl (C=O) groups is 3. The number of carbonyl (C=O) groups excluding carboxylic acids is 2. The number of carboxylic acid groups (broad SMARTS) is 1. The van der Waals surface area contributed by atoms with Crippen LogP contribution >= 0.6 is 12.4 Å². The number of hydrogen-bond donors (Lipinski definition) is 2. The Morgan fingerprint density at radius 3 is 2.41 bits per heavy atom. The number of nitrogens with one attached hydrogen (secondary N) is 1. The zero-order valence-corrected chi connectivity index (χ0v) is 13.6. The van der Waals surface area contributed by atoms with Crippen molar-refractivity contribution in [1.82, 2.24) is 4.90 Å². The van der Waals surface area contributed by atoms with Gasteiger partial charge in [-0.05, 0) is 33.0 Å². The fourth-order valence-electron chi connectivity index (χ4n) is 1.80. The molecule has 0 aliphatic heterocycles. The molecule has 6 nitrogen and oxygen atoms in total. The molecule has 22 heavy (non-hydrogen) atoms. The number of likely N-dealkylation sites (N-methyl/N-ethyl adjacent to an activating group) is 1. The average Bonchev–Trinajstić information content (AvgIpc) is 2.44. The van der Waals surface area contributed by atoms with Crippen molar-refractivity contribution in [2.75, 3.05) is 18.9 Å². The molecule has 0 saturated heterocycles. The normalized spacial score (nSPS) is 11.5. The van der Waals surface area contributed by atoms with Crippen LogP contribution < -0.4 is 5.32 Å². The number of amides is 1. The molecule has 0 aliphatic carbocycles. The summed E-state index contributed by atoms with van der Waals surface area (Å²) >= 11 is 0. The van der Waals surface area contributed by atoms with Crippen molar-refractivity contribution in [1.29, 1.82) is 0 Å². The Balaban J connectivity index is 0.00000441. The lowest BCUT2D eigenvalue weighted by Crippen LogP contribution is -2.40. The van der Waals surface area contributed by atoms with Gasteiger partial charge in [0.15, 0.2) is 5.78 Å². The maximum atomic E-state index is 12.2. The largest absolute Gasteiger partial charge is 0.481 e. The molecule has 0 saturated carbocycles. The van der Waals surface area contributed by atoms with E-state index in [0.717, 1.165) is 0 Å². The molecule has 122 valence electrons. The van der Waals surface area contributed by atoms with Gasteiger partial charge in [-0.1, -0.05) is 12.1 Å². The minimum absolute atomic E-state index is 0. The minimum Gasteiger partial charge on any atom is -0.481 e. The third-order valence-corrected chi connectivity index (χ3v) is 3.28. The number of halogens is 1. The van der Waals surface area contributed by atoms with Gasteiger partial charge >= 0.3 is 5.97 Å². The summed E-state index contributed by atoms with van der Waals surface area (Å²) in [6.45, 7) is 3.40. The van der Waals surface area contributed by atoms with Crippen molar-refractivity contribution in [2.45, 2.75) is 26.3 Å². The predicted molar refractivity (Wildman–Crippen MR) is 86.7 cm³/mol. The highest BCUT2D eigenvalue weighted by molar-refractivity contribution is 6.04. The van der Waals surface area contributed by atoms with Gasteiger partial charge in [-0.2, -0.15) is 0 Å².